The standard InChI is InChI=1S/C13H19N5O3/c1-7-4-18(5-8(2)21-7)6-9-14-10-11(15-9)17(3)13(20)16-12(10)19/h7-8H,4-6H2,1-3H3,(H,14,15)(H,16,19,20)/p+1/t7-,8+. The SMILES string of the molecule is C[C@@H]1C[NH+](Cc2nc3c([nH]2)c(=O)[nH]c(=O)n3C)C[C@H](C)O1. The predicted octanol–water partition coefficient (Wildman–Crippen LogP) is -1.86. The van der Waals surface area contributed by atoms with Crippen molar-refractivity contribution < 1.29 is 9.64 Å². The van der Waals surface area contributed by atoms with Gasteiger partial charge >= 0.3 is 5.69 Å². The summed E-state index contributed by atoms with van der Waals surface area (Å²) >= 11 is 0. The highest BCUT2D eigenvalue weighted by molar-refractivity contribution is 5.69. The molecule has 3 heterocycles. The van der Waals surface area contributed by atoms with Gasteiger partial charge in [-0.15, -0.1) is 0 Å². The van der Waals surface area contributed by atoms with Gasteiger partial charge in [0.2, 0.25) is 0 Å². The van der Waals surface area contributed by atoms with E-state index in [4.69, 9.17) is 4.74 Å². The topological polar surface area (TPSA) is 97.2 Å². The van der Waals surface area contributed by atoms with Gasteiger partial charge in [-0.2, -0.15) is 0 Å². The molecular weight excluding hydrogens is 274 g/mol. The van der Waals surface area contributed by atoms with Crippen LogP contribution in [-0.4, -0.2) is 44.8 Å². The van der Waals surface area contributed by atoms with Crippen molar-refractivity contribution in [1.29, 1.82) is 0 Å². The van der Waals surface area contributed by atoms with E-state index in [1.54, 1.807) is 7.05 Å². The lowest BCUT2D eigenvalue weighted by atomic mass is 10.2. The molecule has 0 amide bonds. The summed E-state index contributed by atoms with van der Waals surface area (Å²) in [6.07, 6.45) is 0.418. The second-order valence-corrected chi connectivity index (χ2v) is 5.79. The van der Waals surface area contributed by atoms with E-state index >= 15 is 0 Å². The zero-order chi connectivity index (χ0) is 15.1. The number of H-pyrrole nitrogens is 2. The fourth-order valence-electron chi connectivity index (χ4n) is 3.01. The molecule has 0 saturated carbocycles. The molecule has 3 N–H and O–H groups in total. The van der Waals surface area contributed by atoms with Crippen LogP contribution >= 0.6 is 0 Å². The summed E-state index contributed by atoms with van der Waals surface area (Å²) < 4.78 is 7.06. The Kier molecular flexibility index (Phi) is 3.42. The van der Waals surface area contributed by atoms with Crippen LogP contribution in [0.1, 0.15) is 19.7 Å². The Labute approximate surface area is 120 Å². The highest BCUT2D eigenvalue weighted by Gasteiger charge is 2.26. The van der Waals surface area contributed by atoms with Gasteiger partial charge in [0.05, 0.1) is 0 Å². The van der Waals surface area contributed by atoms with E-state index < -0.39 is 11.2 Å². The zero-order valence-corrected chi connectivity index (χ0v) is 12.4. The maximum absolute atomic E-state index is 11.8. The molecule has 2 aromatic heterocycles. The number of aryl methyl sites for hydroxylation is 1. The molecule has 21 heavy (non-hydrogen) atoms. The summed E-state index contributed by atoms with van der Waals surface area (Å²) in [5, 5.41) is 0. The summed E-state index contributed by atoms with van der Waals surface area (Å²) in [7, 11) is 1.59. The number of imidazole rings is 1. The van der Waals surface area contributed by atoms with Crippen LogP contribution in [0.2, 0.25) is 0 Å². The Balaban J connectivity index is 1.92. The Hall–Kier alpha value is -1.93. The van der Waals surface area contributed by atoms with Crippen molar-refractivity contribution in [2.45, 2.75) is 32.6 Å². The van der Waals surface area contributed by atoms with Crippen molar-refractivity contribution in [1.82, 2.24) is 19.5 Å². The number of quaternary nitrogens is 1. The lowest BCUT2D eigenvalue weighted by Crippen LogP contribution is -3.14. The largest absolute Gasteiger partial charge is 0.364 e. The minimum Gasteiger partial charge on any atom is -0.364 e. The Morgan fingerprint density at radius 3 is 2.62 bits per heavy atom. The number of morpholine rings is 1. The average Bonchev–Trinajstić information content (AvgIpc) is 2.79. The number of hydrogen-bond acceptors (Lipinski definition) is 4. The van der Waals surface area contributed by atoms with Crippen LogP contribution < -0.4 is 16.1 Å². The first-order valence-corrected chi connectivity index (χ1v) is 7.11. The number of hydrogen-bond donors (Lipinski definition) is 3. The molecular formula is C13H20N5O3+. The number of fused-ring (bicyclic) bond motifs is 1. The van der Waals surface area contributed by atoms with Gasteiger partial charge in [-0.1, -0.05) is 0 Å². The Morgan fingerprint density at radius 2 is 1.95 bits per heavy atom. The first-order valence-electron chi connectivity index (χ1n) is 7.11. The number of nitrogens with one attached hydrogen (secondary N) is 3. The first kappa shape index (κ1) is 14.0. The lowest BCUT2D eigenvalue weighted by molar-refractivity contribution is -0.928. The maximum Gasteiger partial charge on any atom is 0.329 e. The third kappa shape index (κ3) is 2.64. The van der Waals surface area contributed by atoms with Gasteiger partial charge in [0.25, 0.3) is 5.56 Å². The Bertz CT molecular complexity index is 764. The number of ether oxygens (including phenoxy) is 1. The minimum absolute atomic E-state index is 0.209. The molecule has 0 aromatic carbocycles. The molecule has 8 heteroatoms. The molecule has 1 fully saturated rings. The van der Waals surface area contributed by atoms with Gasteiger partial charge in [-0.05, 0) is 13.8 Å². The predicted molar refractivity (Wildman–Crippen MR) is 76.4 cm³/mol. The third-order valence-electron chi connectivity index (χ3n) is 3.84. The van der Waals surface area contributed by atoms with Gasteiger partial charge in [-0.25, -0.2) is 9.78 Å². The van der Waals surface area contributed by atoms with Gasteiger partial charge < -0.3 is 14.6 Å². The monoisotopic (exact) mass is 294 g/mol. The van der Waals surface area contributed by atoms with Gasteiger partial charge in [0.15, 0.2) is 11.5 Å². The summed E-state index contributed by atoms with van der Waals surface area (Å²) in [6, 6.07) is 0. The molecule has 1 unspecified atom stereocenters. The molecule has 114 valence electrons. The molecule has 0 aliphatic carbocycles. The van der Waals surface area contributed by atoms with E-state index in [0.717, 1.165) is 13.1 Å². The summed E-state index contributed by atoms with van der Waals surface area (Å²) in [5.41, 5.74) is -0.134. The quantitative estimate of drug-likeness (QED) is 0.605. The molecule has 8 nitrogen and oxygen atoms in total. The smallest absolute Gasteiger partial charge is 0.329 e. The summed E-state index contributed by atoms with van der Waals surface area (Å²) in [5.74, 6) is 0.716. The molecule has 1 aliphatic rings. The van der Waals surface area contributed by atoms with Crippen molar-refractivity contribution >= 4 is 11.2 Å². The van der Waals surface area contributed by atoms with E-state index in [2.05, 4.69) is 28.8 Å². The van der Waals surface area contributed by atoms with Crippen LogP contribution in [0.3, 0.4) is 0 Å². The molecule has 0 bridgehead atoms. The van der Waals surface area contributed by atoms with E-state index in [-0.39, 0.29) is 12.2 Å². The number of aromatic amines is 2. The highest BCUT2D eigenvalue weighted by atomic mass is 16.5. The molecule has 0 radical (unpaired) electrons. The average molecular weight is 294 g/mol. The first-order chi connectivity index (χ1) is 9.94. The number of aromatic nitrogens is 4. The molecule has 1 saturated heterocycles. The second-order valence-electron chi connectivity index (χ2n) is 5.79. The normalized spacial score (nSPS) is 26.3. The van der Waals surface area contributed by atoms with Gasteiger partial charge in [0.1, 0.15) is 37.4 Å². The van der Waals surface area contributed by atoms with Gasteiger partial charge in [-0.3, -0.25) is 14.3 Å². The highest BCUT2D eigenvalue weighted by Crippen LogP contribution is 2.04. The van der Waals surface area contributed by atoms with Crippen molar-refractivity contribution in [3.63, 3.8) is 0 Å². The van der Waals surface area contributed by atoms with E-state index in [1.807, 2.05) is 0 Å². The van der Waals surface area contributed by atoms with Crippen LogP contribution in [0.5, 0.6) is 0 Å². The molecule has 1 aliphatic heterocycles. The van der Waals surface area contributed by atoms with Crippen LogP contribution in [0.15, 0.2) is 9.59 Å². The molecule has 2 aromatic rings. The third-order valence-corrected chi connectivity index (χ3v) is 3.84. The van der Waals surface area contributed by atoms with Crippen molar-refractivity contribution in [3.05, 3.63) is 26.7 Å². The van der Waals surface area contributed by atoms with Crippen LogP contribution in [-0.2, 0) is 18.3 Å². The van der Waals surface area contributed by atoms with E-state index in [1.165, 1.54) is 9.47 Å². The molecule has 3 atom stereocenters. The number of nitrogens with zero attached hydrogens (tertiary/aromatic N) is 2. The Morgan fingerprint density at radius 1 is 1.29 bits per heavy atom. The zero-order valence-electron chi connectivity index (χ0n) is 12.4. The second kappa shape index (κ2) is 5.12. The van der Waals surface area contributed by atoms with Crippen molar-refractivity contribution in [3.8, 4) is 0 Å². The van der Waals surface area contributed by atoms with Crippen molar-refractivity contribution in [2.75, 3.05) is 13.1 Å². The number of rotatable bonds is 2. The van der Waals surface area contributed by atoms with E-state index in [0.29, 0.717) is 23.5 Å². The molecule has 0 spiro atoms. The summed E-state index contributed by atoms with van der Waals surface area (Å²) in [6.45, 7) is 6.60. The lowest BCUT2D eigenvalue weighted by Gasteiger charge is -2.31. The molecule has 3 rings (SSSR count). The van der Waals surface area contributed by atoms with Crippen LogP contribution in [0.25, 0.3) is 11.2 Å². The fourth-order valence-corrected chi connectivity index (χ4v) is 3.01. The maximum atomic E-state index is 11.8. The van der Waals surface area contributed by atoms with E-state index in [9.17, 15) is 9.59 Å². The van der Waals surface area contributed by atoms with Crippen molar-refractivity contribution in [2.24, 2.45) is 7.05 Å². The summed E-state index contributed by atoms with van der Waals surface area (Å²) in [4.78, 5) is 34.4. The van der Waals surface area contributed by atoms with Crippen LogP contribution in [0, 0.1) is 0 Å². The fraction of sp³-hybridized carbons (Fsp3) is 0.615. The van der Waals surface area contributed by atoms with Crippen LogP contribution in [0.4, 0.5) is 0 Å². The van der Waals surface area contributed by atoms with Gasteiger partial charge in [0, 0.05) is 7.05 Å². The minimum atomic E-state index is -0.452.